The lowest BCUT2D eigenvalue weighted by atomic mass is 10.4. The standard InChI is InChI=1S/C6H4ClO2S/c7-10(8,9)6-4-2-1-3-5-6/h1-4H. The van der Waals surface area contributed by atoms with Crippen molar-refractivity contribution in [3.05, 3.63) is 30.3 Å². The summed E-state index contributed by atoms with van der Waals surface area (Å²) in [6.07, 6.45) is 0. The third-order valence-corrected chi connectivity index (χ3v) is 2.22. The summed E-state index contributed by atoms with van der Waals surface area (Å²) in [5, 5.41) is 0. The van der Waals surface area contributed by atoms with E-state index in [1.54, 1.807) is 12.1 Å². The van der Waals surface area contributed by atoms with E-state index in [1.165, 1.54) is 12.1 Å². The molecule has 0 aliphatic rings. The highest BCUT2D eigenvalue weighted by atomic mass is 35.7. The minimum Gasteiger partial charge on any atom is -0.207 e. The van der Waals surface area contributed by atoms with E-state index in [1.807, 2.05) is 0 Å². The van der Waals surface area contributed by atoms with Crippen molar-refractivity contribution >= 4 is 19.7 Å². The van der Waals surface area contributed by atoms with Crippen molar-refractivity contribution in [1.29, 1.82) is 0 Å². The molecule has 4 heteroatoms. The second kappa shape index (κ2) is 2.60. The Balaban J connectivity index is 3.22. The van der Waals surface area contributed by atoms with Gasteiger partial charge in [-0.1, -0.05) is 18.2 Å². The zero-order valence-electron chi connectivity index (χ0n) is 4.91. The van der Waals surface area contributed by atoms with Crippen LogP contribution in [0.15, 0.2) is 29.2 Å². The minimum absolute atomic E-state index is 0.0108. The summed E-state index contributed by atoms with van der Waals surface area (Å²) in [5.74, 6) is 0. The topological polar surface area (TPSA) is 34.1 Å². The fraction of sp³-hybridized carbons (Fsp3) is 0. The summed E-state index contributed by atoms with van der Waals surface area (Å²) in [6, 6.07) is 8.64. The van der Waals surface area contributed by atoms with Crippen LogP contribution in [0.3, 0.4) is 0 Å². The molecular weight excluding hydrogens is 172 g/mol. The van der Waals surface area contributed by atoms with Gasteiger partial charge in [0.2, 0.25) is 0 Å². The first-order chi connectivity index (χ1) is 4.61. The Kier molecular flexibility index (Phi) is 1.97. The van der Waals surface area contributed by atoms with Gasteiger partial charge in [0.15, 0.2) is 0 Å². The largest absolute Gasteiger partial charge is 0.261 e. The van der Waals surface area contributed by atoms with Crippen molar-refractivity contribution < 1.29 is 8.42 Å². The van der Waals surface area contributed by atoms with Crippen molar-refractivity contribution in [2.75, 3.05) is 0 Å². The summed E-state index contributed by atoms with van der Waals surface area (Å²) in [4.78, 5) is 0.0108. The van der Waals surface area contributed by atoms with Crippen LogP contribution in [0.2, 0.25) is 0 Å². The lowest BCUT2D eigenvalue weighted by molar-refractivity contribution is 0.609. The van der Waals surface area contributed by atoms with Gasteiger partial charge in [-0.05, 0) is 6.07 Å². The zero-order chi connectivity index (χ0) is 7.61. The van der Waals surface area contributed by atoms with Crippen LogP contribution in [-0.4, -0.2) is 8.42 Å². The van der Waals surface area contributed by atoms with E-state index in [0.29, 0.717) is 0 Å². The van der Waals surface area contributed by atoms with Crippen LogP contribution < -0.4 is 0 Å². The smallest absolute Gasteiger partial charge is 0.207 e. The first-order valence-corrected chi connectivity index (χ1v) is 4.83. The predicted molar refractivity (Wildman–Crippen MR) is 38.3 cm³/mol. The highest BCUT2D eigenvalue weighted by Gasteiger charge is 2.06. The van der Waals surface area contributed by atoms with Crippen molar-refractivity contribution in [2.45, 2.75) is 4.90 Å². The molecule has 0 bridgehead atoms. The number of rotatable bonds is 1. The van der Waals surface area contributed by atoms with Crippen LogP contribution in [-0.2, 0) is 9.05 Å². The fourth-order valence-electron chi connectivity index (χ4n) is 0.529. The van der Waals surface area contributed by atoms with Crippen LogP contribution in [0.25, 0.3) is 0 Å². The molecule has 0 heterocycles. The Hall–Kier alpha value is -0.540. The second-order valence-corrected chi connectivity index (χ2v) is 4.20. The molecule has 0 amide bonds. The molecule has 1 aromatic rings. The Bertz CT molecular complexity index is 304. The lowest BCUT2D eigenvalue weighted by Crippen LogP contribution is -1.88. The number of hydrogen-bond donors (Lipinski definition) is 0. The van der Waals surface area contributed by atoms with Gasteiger partial charge in [-0.2, -0.15) is 0 Å². The molecule has 0 aliphatic carbocycles. The predicted octanol–water partition coefficient (Wildman–Crippen LogP) is 1.41. The second-order valence-electron chi connectivity index (χ2n) is 1.66. The summed E-state index contributed by atoms with van der Waals surface area (Å²) in [7, 11) is 1.41. The average molecular weight is 176 g/mol. The van der Waals surface area contributed by atoms with Gasteiger partial charge in [0.05, 0.1) is 4.90 Å². The lowest BCUT2D eigenvalue weighted by Gasteiger charge is -1.90. The normalized spacial score (nSPS) is 11.3. The Morgan fingerprint density at radius 1 is 1.40 bits per heavy atom. The van der Waals surface area contributed by atoms with Crippen LogP contribution >= 0.6 is 10.7 Å². The Morgan fingerprint density at radius 3 is 2.40 bits per heavy atom. The molecule has 1 rings (SSSR count). The molecule has 0 saturated heterocycles. The van der Waals surface area contributed by atoms with E-state index in [2.05, 4.69) is 6.07 Å². The molecule has 0 unspecified atom stereocenters. The molecule has 0 saturated carbocycles. The van der Waals surface area contributed by atoms with E-state index >= 15 is 0 Å². The van der Waals surface area contributed by atoms with Gasteiger partial charge >= 0.3 is 0 Å². The number of benzene rings is 1. The monoisotopic (exact) mass is 175 g/mol. The van der Waals surface area contributed by atoms with Crippen molar-refractivity contribution in [3.63, 3.8) is 0 Å². The quantitative estimate of drug-likeness (QED) is 0.605. The maximum absolute atomic E-state index is 10.6. The van der Waals surface area contributed by atoms with Crippen molar-refractivity contribution in [2.24, 2.45) is 0 Å². The maximum atomic E-state index is 10.6. The third kappa shape index (κ3) is 1.72. The fourth-order valence-corrected chi connectivity index (χ4v) is 1.27. The molecule has 0 atom stereocenters. The molecule has 53 valence electrons. The van der Waals surface area contributed by atoms with Gasteiger partial charge in [0, 0.05) is 16.7 Å². The molecule has 2 nitrogen and oxygen atoms in total. The summed E-state index contributed by atoms with van der Waals surface area (Å²) >= 11 is 0. The zero-order valence-corrected chi connectivity index (χ0v) is 6.48. The number of halogens is 1. The van der Waals surface area contributed by atoms with Gasteiger partial charge in [-0.3, -0.25) is 0 Å². The van der Waals surface area contributed by atoms with Gasteiger partial charge in [-0.15, -0.1) is 0 Å². The van der Waals surface area contributed by atoms with E-state index in [4.69, 9.17) is 10.7 Å². The van der Waals surface area contributed by atoms with Gasteiger partial charge in [-0.25, -0.2) is 8.42 Å². The molecule has 0 N–H and O–H groups in total. The third-order valence-electron chi connectivity index (χ3n) is 0.943. The Morgan fingerprint density at radius 2 is 2.10 bits per heavy atom. The molecule has 0 aliphatic heterocycles. The highest BCUT2D eigenvalue weighted by Crippen LogP contribution is 2.11. The molecule has 10 heavy (non-hydrogen) atoms. The summed E-state index contributed by atoms with van der Waals surface area (Å²) < 4.78 is 21.1. The minimum atomic E-state index is -3.59. The van der Waals surface area contributed by atoms with Gasteiger partial charge in [0.1, 0.15) is 0 Å². The van der Waals surface area contributed by atoms with Crippen molar-refractivity contribution in [1.82, 2.24) is 0 Å². The van der Waals surface area contributed by atoms with E-state index in [9.17, 15) is 8.42 Å². The number of hydrogen-bond acceptors (Lipinski definition) is 2. The molecule has 0 aromatic heterocycles. The average Bonchev–Trinajstić information content (AvgIpc) is 1.88. The van der Waals surface area contributed by atoms with E-state index in [0.717, 1.165) is 0 Å². The highest BCUT2D eigenvalue weighted by molar-refractivity contribution is 8.13. The molecule has 1 aromatic carbocycles. The van der Waals surface area contributed by atoms with Crippen LogP contribution in [0.5, 0.6) is 0 Å². The maximum Gasteiger partial charge on any atom is 0.261 e. The first-order valence-electron chi connectivity index (χ1n) is 2.52. The van der Waals surface area contributed by atoms with E-state index < -0.39 is 9.05 Å². The van der Waals surface area contributed by atoms with Gasteiger partial charge < -0.3 is 0 Å². The molecule has 0 fully saturated rings. The first kappa shape index (κ1) is 7.57. The van der Waals surface area contributed by atoms with Crippen molar-refractivity contribution in [3.8, 4) is 0 Å². The summed E-state index contributed by atoms with van der Waals surface area (Å²) in [5.41, 5.74) is 0. The van der Waals surface area contributed by atoms with Crippen LogP contribution in [0, 0.1) is 6.07 Å². The Labute approximate surface area is 63.9 Å². The van der Waals surface area contributed by atoms with Crippen LogP contribution in [0.1, 0.15) is 0 Å². The van der Waals surface area contributed by atoms with Crippen LogP contribution in [0.4, 0.5) is 0 Å². The SMILES string of the molecule is O=S(=O)(Cl)c1[c]cccc1. The molecule has 0 spiro atoms. The van der Waals surface area contributed by atoms with Gasteiger partial charge in [0.25, 0.3) is 9.05 Å². The summed E-state index contributed by atoms with van der Waals surface area (Å²) in [6.45, 7) is 0. The molecular formula is C6H4ClO2S. The van der Waals surface area contributed by atoms with E-state index in [-0.39, 0.29) is 4.90 Å². The molecule has 1 radical (unpaired) electrons.